The third-order valence-corrected chi connectivity index (χ3v) is 3.66. The number of carbonyl (C=O) groups is 2. The molecule has 1 N–H and O–H groups in total. The second-order valence-electron chi connectivity index (χ2n) is 5.58. The molecule has 0 atom stereocenters. The molecule has 1 amide bonds. The van der Waals surface area contributed by atoms with Crippen LogP contribution in [0.3, 0.4) is 0 Å². The van der Waals surface area contributed by atoms with Crippen molar-refractivity contribution in [3.05, 3.63) is 71.5 Å². The number of hydrogen-bond acceptors (Lipinski definition) is 4. The van der Waals surface area contributed by atoms with Gasteiger partial charge in [0.25, 0.3) is 0 Å². The average molecular weight is 335 g/mol. The van der Waals surface area contributed by atoms with E-state index in [1.54, 1.807) is 30.3 Å². The lowest BCUT2D eigenvalue weighted by atomic mass is 10.2. The van der Waals surface area contributed by atoms with E-state index in [1.807, 2.05) is 31.2 Å². The number of methoxy groups -OCH3 is 1. The Morgan fingerprint density at radius 2 is 1.84 bits per heavy atom. The van der Waals surface area contributed by atoms with Gasteiger partial charge in [0.05, 0.1) is 12.7 Å². The van der Waals surface area contributed by atoms with Crippen molar-refractivity contribution in [2.45, 2.75) is 6.92 Å². The lowest BCUT2D eigenvalue weighted by Gasteiger charge is -2.03. The number of carbonyl (C=O) groups excluding carboxylic acids is 2. The minimum absolute atomic E-state index is 0.289. The van der Waals surface area contributed by atoms with Crippen LogP contribution >= 0.6 is 0 Å². The predicted octanol–water partition coefficient (Wildman–Crippen LogP) is 4.18. The molecule has 1 heterocycles. The molecule has 0 aliphatic carbocycles. The fourth-order valence-electron chi connectivity index (χ4n) is 2.41. The van der Waals surface area contributed by atoms with E-state index in [0.717, 1.165) is 16.5 Å². The van der Waals surface area contributed by atoms with Gasteiger partial charge in [0.1, 0.15) is 11.3 Å². The van der Waals surface area contributed by atoms with Gasteiger partial charge in [-0.25, -0.2) is 4.79 Å². The molecule has 0 aliphatic rings. The summed E-state index contributed by atoms with van der Waals surface area (Å²) in [6.45, 7) is 2.01. The first-order chi connectivity index (χ1) is 12.0. The molecule has 126 valence electrons. The Morgan fingerprint density at radius 1 is 1.08 bits per heavy atom. The van der Waals surface area contributed by atoms with Crippen LogP contribution in [0, 0.1) is 6.92 Å². The number of furan rings is 1. The van der Waals surface area contributed by atoms with Crippen LogP contribution in [0.1, 0.15) is 21.7 Å². The van der Waals surface area contributed by atoms with E-state index in [2.05, 4.69) is 10.1 Å². The van der Waals surface area contributed by atoms with Crippen molar-refractivity contribution in [2.24, 2.45) is 0 Å². The van der Waals surface area contributed by atoms with Crippen molar-refractivity contribution in [2.75, 3.05) is 12.4 Å². The Labute approximate surface area is 144 Å². The molecule has 0 spiro atoms. The van der Waals surface area contributed by atoms with Crippen LogP contribution in [0.4, 0.5) is 5.69 Å². The summed E-state index contributed by atoms with van der Waals surface area (Å²) in [7, 11) is 1.32. The average Bonchev–Trinajstić information content (AvgIpc) is 3.02. The third-order valence-electron chi connectivity index (χ3n) is 3.66. The number of nitrogens with one attached hydrogen (secondary N) is 1. The maximum Gasteiger partial charge on any atom is 0.337 e. The molecule has 3 rings (SSSR count). The number of hydrogen-bond donors (Lipinski definition) is 1. The summed E-state index contributed by atoms with van der Waals surface area (Å²) < 4.78 is 10.3. The third kappa shape index (κ3) is 3.95. The van der Waals surface area contributed by atoms with Crippen molar-refractivity contribution in [1.82, 2.24) is 0 Å². The van der Waals surface area contributed by atoms with Crippen LogP contribution in [0.5, 0.6) is 0 Å². The Morgan fingerprint density at radius 3 is 2.56 bits per heavy atom. The quantitative estimate of drug-likeness (QED) is 0.574. The van der Waals surface area contributed by atoms with E-state index in [4.69, 9.17) is 4.42 Å². The molecule has 0 aliphatic heterocycles. The summed E-state index contributed by atoms with van der Waals surface area (Å²) in [6.07, 6.45) is 3.02. The van der Waals surface area contributed by atoms with E-state index in [-0.39, 0.29) is 5.91 Å². The van der Waals surface area contributed by atoms with Crippen LogP contribution in [-0.2, 0) is 9.53 Å². The minimum atomic E-state index is -0.419. The molecule has 0 unspecified atom stereocenters. The monoisotopic (exact) mass is 335 g/mol. The van der Waals surface area contributed by atoms with Gasteiger partial charge in [-0.1, -0.05) is 11.6 Å². The van der Waals surface area contributed by atoms with Gasteiger partial charge in [0.2, 0.25) is 5.91 Å². The lowest BCUT2D eigenvalue weighted by Crippen LogP contribution is -2.08. The summed E-state index contributed by atoms with van der Waals surface area (Å²) >= 11 is 0. The molecule has 0 fully saturated rings. The Kier molecular flexibility index (Phi) is 4.66. The first kappa shape index (κ1) is 16.5. The van der Waals surface area contributed by atoms with Gasteiger partial charge in [0, 0.05) is 17.1 Å². The lowest BCUT2D eigenvalue weighted by molar-refractivity contribution is -0.111. The highest BCUT2D eigenvalue weighted by molar-refractivity contribution is 6.02. The van der Waals surface area contributed by atoms with Crippen molar-refractivity contribution in [1.29, 1.82) is 0 Å². The van der Waals surface area contributed by atoms with E-state index in [0.29, 0.717) is 17.0 Å². The largest absolute Gasteiger partial charge is 0.465 e. The van der Waals surface area contributed by atoms with Crippen LogP contribution in [-0.4, -0.2) is 19.0 Å². The van der Waals surface area contributed by atoms with Gasteiger partial charge in [-0.3, -0.25) is 4.79 Å². The van der Waals surface area contributed by atoms with Gasteiger partial charge in [-0.05, 0) is 55.5 Å². The first-order valence-corrected chi connectivity index (χ1v) is 7.73. The fraction of sp³-hybridized carbons (Fsp3) is 0.100. The molecule has 0 radical (unpaired) electrons. The zero-order chi connectivity index (χ0) is 17.8. The molecular weight excluding hydrogens is 318 g/mol. The molecule has 2 aromatic carbocycles. The SMILES string of the molecule is COC(=O)c1ccc(NC(=O)/C=C/c2cc3cc(C)ccc3o2)cc1. The summed E-state index contributed by atoms with van der Waals surface area (Å²) in [5.41, 5.74) is 2.94. The predicted molar refractivity (Wildman–Crippen MR) is 96.4 cm³/mol. The molecule has 5 nitrogen and oxygen atoms in total. The summed E-state index contributed by atoms with van der Waals surface area (Å²) in [5.74, 6) is -0.0999. The maximum absolute atomic E-state index is 12.0. The van der Waals surface area contributed by atoms with Gasteiger partial charge in [-0.2, -0.15) is 0 Å². The number of benzene rings is 2. The highest BCUT2D eigenvalue weighted by atomic mass is 16.5. The van der Waals surface area contributed by atoms with Crippen molar-refractivity contribution in [3.8, 4) is 0 Å². The number of fused-ring (bicyclic) bond motifs is 1. The Balaban J connectivity index is 1.66. The van der Waals surface area contributed by atoms with E-state index in [9.17, 15) is 9.59 Å². The number of anilines is 1. The molecule has 0 bridgehead atoms. The number of ether oxygens (including phenoxy) is 1. The number of amides is 1. The van der Waals surface area contributed by atoms with Crippen LogP contribution in [0.25, 0.3) is 17.0 Å². The summed E-state index contributed by atoms with van der Waals surface area (Å²) in [5, 5.41) is 3.72. The molecule has 1 aromatic heterocycles. The van der Waals surface area contributed by atoms with Gasteiger partial charge >= 0.3 is 5.97 Å². The van der Waals surface area contributed by atoms with Crippen molar-refractivity contribution >= 4 is 34.6 Å². The Hall–Kier alpha value is -3.34. The number of esters is 1. The minimum Gasteiger partial charge on any atom is -0.465 e. The van der Waals surface area contributed by atoms with Crippen LogP contribution in [0.2, 0.25) is 0 Å². The van der Waals surface area contributed by atoms with E-state index < -0.39 is 5.97 Å². The highest BCUT2D eigenvalue weighted by Gasteiger charge is 2.06. The van der Waals surface area contributed by atoms with Gasteiger partial charge in [0.15, 0.2) is 0 Å². The maximum atomic E-state index is 12.0. The molecule has 0 saturated heterocycles. The van der Waals surface area contributed by atoms with Crippen LogP contribution in [0.15, 0.2) is 59.0 Å². The van der Waals surface area contributed by atoms with Crippen molar-refractivity contribution < 1.29 is 18.7 Å². The molecule has 0 saturated carbocycles. The standard InChI is InChI=1S/C20H17NO4/c1-13-3-9-18-15(11-13)12-17(25-18)8-10-19(22)21-16-6-4-14(5-7-16)20(23)24-2/h3-12H,1-2H3,(H,21,22)/b10-8+. The second kappa shape index (κ2) is 7.05. The smallest absolute Gasteiger partial charge is 0.337 e. The topological polar surface area (TPSA) is 68.5 Å². The first-order valence-electron chi connectivity index (χ1n) is 7.73. The zero-order valence-electron chi connectivity index (χ0n) is 13.9. The van der Waals surface area contributed by atoms with E-state index in [1.165, 1.54) is 13.2 Å². The highest BCUT2D eigenvalue weighted by Crippen LogP contribution is 2.21. The molecule has 25 heavy (non-hydrogen) atoms. The van der Waals surface area contributed by atoms with Gasteiger partial charge < -0.3 is 14.5 Å². The Bertz CT molecular complexity index is 951. The summed E-state index contributed by atoms with van der Waals surface area (Å²) in [4.78, 5) is 23.4. The fourth-order valence-corrected chi connectivity index (χ4v) is 2.41. The molecule has 5 heteroatoms. The molecule has 3 aromatic rings. The summed E-state index contributed by atoms with van der Waals surface area (Å²) in [6, 6.07) is 14.3. The van der Waals surface area contributed by atoms with E-state index >= 15 is 0 Å². The number of rotatable bonds is 4. The zero-order valence-corrected chi connectivity index (χ0v) is 13.9. The van der Waals surface area contributed by atoms with Crippen molar-refractivity contribution in [3.63, 3.8) is 0 Å². The van der Waals surface area contributed by atoms with Gasteiger partial charge in [-0.15, -0.1) is 0 Å². The molecular formula is C20H17NO4. The normalized spacial score (nSPS) is 11.0. The number of aryl methyl sites for hydroxylation is 1. The van der Waals surface area contributed by atoms with Crippen LogP contribution < -0.4 is 5.32 Å². The second-order valence-corrected chi connectivity index (χ2v) is 5.58.